The molecule has 1 unspecified atom stereocenters. The van der Waals surface area contributed by atoms with Gasteiger partial charge >= 0.3 is 0 Å². The van der Waals surface area contributed by atoms with E-state index < -0.39 is 8.80 Å². The minimum Gasteiger partial charge on any atom is -0.0654 e. The highest BCUT2D eigenvalue weighted by atomic mass is 28.3. The lowest BCUT2D eigenvalue weighted by Gasteiger charge is -2.35. The smallest absolute Gasteiger partial charge is 0.0654 e. The zero-order valence-corrected chi connectivity index (χ0v) is 22.9. The van der Waals surface area contributed by atoms with Gasteiger partial charge in [0.25, 0.3) is 0 Å². The van der Waals surface area contributed by atoms with Crippen LogP contribution in [0.25, 0.3) is 22.3 Å². The predicted octanol–water partition coefficient (Wildman–Crippen LogP) is 9.67. The van der Waals surface area contributed by atoms with Crippen molar-refractivity contribution >= 4 is 8.80 Å². The molecule has 1 heteroatoms. The van der Waals surface area contributed by atoms with Gasteiger partial charge in [-0.05, 0) is 50.0 Å². The van der Waals surface area contributed by atoms with E-state index in [-0.39, 0.29) is 0 Å². The molecule has 0 saturated heterocycles. The first-order valence-electron chi connectivity index (χ1n) is 14.2. The highest BCUT2D eigenvalue weighted by Crippen LogP contribution is 2.55. The quantitative estimate of drug-likeness (QED) is 0.163. The number of rotatable bonds is 9. The van der Waals surface area contributed by atoms with Crippen LogP contribution in [0.1, 0.15) is 85.7 Å². The number of benzene rings is 4. The van der Waals surface area contributed by atoms with Gasteiger partial charge in [0.15, 0.2) is 0 Å². The van der Waals surface area contributed by atoms with E-state index in [1.165, 1.54) is 60.8 Å². The lowest BCUT2D eigenvalue weighted by Crippen LogP contribution is -2.35. The Labute approximate surface area is 219 Å². The SMILES string of the molecule is CCCCCCCC(C)[SiH](C1c2ccccc2-c2ccccc21)C1c2ccccc2-c2ccccc21. The second-order valence-corrected chi connectivity index (χ2v) is 14.7. The first kappa shape index (κ1) is 23.5. The van der Waals surface area contributed by atoms with Gasteiger partial charge in [-0.15, -0.1) is 0 Å². The fraction of sp³-hybridized carbons (Fsp3) is 0.314. The van der Waals surface area contributed by atoms with Crippen LogP contribution in [0.15, 0.2) is 97.1 Å². The van der Waals surface area contributed by atoms with E-state index in [4.69, 9.17) is 0 Å². The van der Waals surface area contributed by atoms with Gasteiger partial charge in [-0.2, -0.15) is 0 Å². The van der Waals surface area contributed by atoms with Crippen LogP contribution in [0.3, 0.4) is 0 Å². The molecule has 0 fully saturated rings. The molecule has 2 aliphatic carbocycles. The third kappa shape index (κ3) is 3.98. The van der Waals surface area contributed by atoms with Crippen molar-refractivity contribution < 1.29 is 0 Å². The molecule has 0 radical (unpaired) electrons. The van der Waals surface area contributed by atoms with Crippen molar-refractivity contribution in [2.24, 2.45) is 0 Å². The average molecular weight is 487 g/mol. The summed E-state index contributed by atoms with van der Waals surface area (Å²) in [7, 11) is -1.44. The Morgan fingerprint density at radius 1 is 0.528 bits per heavy atom. The molecule has 0 bridgehead atoms. The van der Waals surface area contributed by atoms with E-state index in [1.54, 1.807) is 22.3 Å². The summed E-state index contributed by atoms with van der Waals surface area (Å²) in [6, 6.07) is 37.3. The minimum atomic E-state index is -1.44. The van der Waals surface area contributed by atoms with Crippen molar-refractivity contribution in [2.75, 3.05) is 0 Å². The van der Waals surface area contributed by atoms with Gasteiger partial charge in [0.05, 0.1) is 8.80 Å². The van der Waals surface area contributed by atoms with Gasteiger partial charge in [0.1, 0.15) is 0 Å². The molecule has 0 aromatic heterocycles. The summed E-state index contributed by atoms with van der Waals surface area (Å²) >= 11 is 0. The third-order valence-corrected chi connectivity index (χ3v) is 13.6. The Balaban J connectivity index is 1.48. The fourth-order valence-corrected chi connectivity index (χ4v) is 12.5. The van der Waals surface area contributed by atoms with Gasteiger partial charge in [-0.1, -0.05) is 149 Å². The summed E-state index contributed by atoms with van der Waals surface area (Å²) in [4.78, 5) is 0. The molecule has 0 amide bonds. The van der Waals surface area contributed by atoms with Gasteiger partial charge in [0.2, 0.25) is 0 Å². The molecule has 0 N–H and O–H groups in total. The van der Waals surface area contributed by atoms with E-state index in [2.05, 4.69) is 111 Å². The van der Waals surface area contributed by atoms with Gasteiger partial charge in [-0.3, -0.25) is 0 Å². The fourth-order valence-electron chi connectivity index (χ4n) is 7.33. The zero-order valence-electron chi connectivity index (χ0n) is 21.8. The van der Waals surface area contributed by atoms with E-state index in [0.29, 0.717) is 11.1 Å². The molecule has 0 nitrogen and oxygen atoms in total. The van der Waals surface area contributed by atoms with Crippen LogP contribution in [0.5, 0.6) is 0 Å². The second-order valence-electron chi connectivity index (χ2n) is 11.1. The molecule has 2 aliphatic rings. The van der Waals surface area contributed by atoms with E-state index in [9.17, 15) is 0 Å². The summed E-state index contributed by atoms with van der Waals surface area (Å²) in [6.45, 7) is 4.93. The third-order valence-electron chi connectivity index (χ3n) is 8.95. The first-order chi connectivity index (χ1) is 17.8. The van der Waals surface area contributed by atoms with E-state index >= 15 is 0 Å². The average Bonchev–Trinajstić information content (AvgIpc) is 3.43. The molecule has 6 rings (SSSR count). The molecular weight excluding hydrogens is 448 g/mol. The summed E-state index contributed by atoms with van der Waals surface area (Å²) in [5.41, 5.74) is 14.2. The Morgan fingerprint density at radius 2 is 0.889 bits per heavy atom. The lowest BCUT2D eigenvalue weighted by atomic mass is 10.1. The van der Waals surface area contributed by atoms with Crippen molar-refractivity contribution in [3.8, 4) is 22.3 Å². The molecule has 0 spiro atoms. The maximum absolute atomic E-state index is 2.61. The van der Waals surface area contributed by atoms with Gasteiger partial charge in [0, 0.05) is 11.1 Å². The van der Waals surface area contributed by atoms with E-state index in [1.807, 2.05) is 0 Å². The summed E-state index contributed by atoms with van der Waals surface area (Å²) in [5.74, 6) is 0. The highest BCUT2D eigenvalue weighted by Gasteiger charge is 2.45. The molecule has 36 heavy (non-hydrogen) atoms. The number of hydrogen-bond acceptors (Lipinski definition) is 0. The highest BCUT2D eigenvalue weighted by molar-refractivity contribution is 6.66. The monoisotopic (exact) mass is 486 g/mol. The normalized spacial score (nSPS) is 15.0. The van der Waals surface area contributed by atoms with Crippen molar-refractivity contribution in [3.63, 3.8) is 0 Å². The van der Waals surface area contributed by atoms with Crippen LogP contribution in [0.2, 0.25) is 5.54 Å². The molecule has 4 aromatic carbocycles. The van der Waals surface area contributed by atoms with Crippen LogP contribution in [-0.2, 0) is 0 Å². The molecule has 1 atom stereocenters. The Kier molecular flexibility index (Phi) is 6.67. The molecule has 0 heterocycles. The lowest BCUT2D eigenvalue weighted by molar-refractivity contribution is 0.594. The predicted molar refractivity (Wildman–Crippen MR) is 157 cm³/mol. The van der Waals surface area contributed by atoms with E-state index in [0.717, 1.165) is 5.54 Å². The second kappa shape index (κ2) is 10.2. The molecular formula is C35H38Si. The van der Waals surface area contributed by atoms with Crippen molar-refractivity contribution in [1.82, 2.24) is 0 Å². The molecule has 182 valence electrons. The Bertz CT molecular complexity index is 1170. The van der Waals surface area contributed by atoms with Gasteiger partial charge in [-0.25, -0.2) is 0 Å². The van der Waals surface area contributed by atoms with Crippen LogP contribution >= 0.6 is 0 Å². The minimum absolute atomic E-state index is 0.562. The van der Waals surface area contributed by atoms with Crippen LogP contribution in [-0.4, -0.2) is 8.80 Å². The van der Waals surface area contributed by atoms with Crippen LogP contribution in [0, 0.1) is 0 Å². The summed E-state index contributed by atoms with van der Waals surface area (Å²) in [5, 5.41) is 0. The standard InChI is InChI=1S/C35H38Si/c1-3-4-5-6-7-16-25(2)36(34-30-21-12-8-17-26(30)27-18-9-13-22-31(27)34)35-32-23-14-10-19-28(32)29-20-11-15-24-33(29)35/h8-15,17-25,34-36H,3-7,16H2,1-2H3. The maximum Gasteiger partial charge on any atom is 0.0665 e. The number of unbranched alkanes of at least 4 members (excludes halogenated alkanes) is 4. The van der Waals surface area contributed by atoms with Gasteiger partial charge < -0.3 is 0 Å². The topological polar surface area (TPSA) is 0 Å². The maximum atomic E-state index is 2.61. The molecule has 4 aromatic rings. The van der Waals surface area contributed by atoms with Crippen LogP contribution in [0.4, 0.5) is 0 Å². The Hall–Kier alpha value is -2.90. The number of hydrogen-bond donors (Lipinski definition) is 0. The summed E-state index contributed by atoms with van der Waals surface area (Å²) in [6.07, 6.45) is 8.20. The van der Waals surface area contributed by atoms with Crippen molar-refractivity contribution in [2.45, 2.75) is 69.0 Å². The molecule has 0 aliphatic heterocycles. The van der Waals surface area contributed by atoms with Crippen molar-refractivity contribution in [1.29, 1.82) is 0 Å². The van der Waals surface area contributed by atoms with Crippen LogP contribution < -0.4 is 0 Å². The van der Waals surface area contributed by atoms with Crippen molar-refractivity contribution in [3.05, 3.63) is 119 Å². The Morgan fingerprint density at radius 3 is 1.28 bits per heavy atom. The number of fused-ring (bicyclic) bond motifs is 6. The molecule has 0 saturated carbocycles. The summed E-state index contributed by atoms with van der Waals surface area (Å²) < 4.78 is 0. The zero-order chi connectivity index (χ0) is 24.5. The largest absolute Gasteiger partial charge is 0.0665 e. The first-order valence-corrected chi connectivity index (χ1v) is 16.2.